The van der Waals surface area contributed by atoms with E-state index in [0.29, 0.717) is 18.4 Å². The van der Waals surface area contributed by atoms with E-state index < -0.39 is 0 Å². The summed E-state index contributed by atoms with van der Waals surface area (Å²) in [5.41, 5.74) is 3.94. The smallest absolute Gasteiger partial charge is 0.0643 e. The van der Waals surface area contributed by atoms with Crippen LogP contribution in [0.15, 0.2) is 54.6 Å². The lowest BCUT2D eigenvalue weighted by atomic mass is 9.93. The van der Waals surface area contributed by atoms with Gasteiger partial charge in [-0.25, -0.2) is 0 Å². The van der Waals surface area contributed by atoms with Crippen molar-refractivity contribution in [2.24, 2.45) is 0 Å². The van der Waals surface area contributed by atoms with Gasteiger partial charge in [0.2, 0.25) is 0 Å². The molecule has 22 heavy (non-hydrogen) atoms. The molecule has 1 unspecified atom stereocenters. The van der Waals surface area contributed by atoms with Gasteiger partial charge in [-0.05, 0) is 36.1 Å². The SMILES string of the molecule is CC(c1ccccc1)c1ccc(N2CCC[C@H]2CC#N)cc1. The fraction of sp³-hybridized carbons (Fsp3) is 0.350. The van der Waals surface area contributed by atoms with Crippen LogP contribution in [0.2, 0.25) is 0 Å². The summed E-state index contributed by atoms with van der Waals surface area (Å²) in [7, 11) is 0. The minimum atomic E-state index is 0.391. The molecule has 0 amide bonds. The largest absolute Gasteiger partial charge is 0.368 e. The van der Waals surface area contributed by atoms with E-state index in [1.165, 1.54) is 23.2 Å². The first kappa shape index (κ1) is 14.7. The van der Waals surface area contributed by atoms with Crippen LogP contribution < -0.4 is 4.90 Å². The lowest BCUT2D eigenvalue weighted by molar-refractivity contribution is 0.683. The van der Waals surface area contributed by atoms with Gasteiger partial charge in [0.25, 0.3) is 0 Å². The highest BCUT2D eigenvalue weighted by Crippen LogP contribution is 2.30. The Morgan fingerprint density at radius 2 is 1.77 bits per heavy atom. The predicted octanol–water partition coefficient (Wildman–Crippen LogP) is 4.72. The monoisotopic (exact) mass is 290 g/mol. The number of nitriles is 1. The van der Waals surface area contributed by atoms with Gasteiger partial charge in [0, 0.05) is 24.2 Å². The Kier molecular flexibility index (Phi) is 4.44. The second-order valence-corrected chi connectivity index (χ2v) is 6.08. The molecular weight excluding hydrogens is 268 g/mol. The van der Waals surface area contributed by atoms with Crippen LogP contribution in [0.3, 0.4) is 0 Å². The van der Waals surface area contributed by atoms with E-state index in [9.17, 15) is 0 Å². The first-order chi connectivity index (χ1) is 10.8. The van der Waals surface area contributed by atoms with Gasteiger partial charge in [-0.15, -0.1) is 0 Å². The fourth-order valence-electron chi connectivity index (χ4n) is 3.38. The van der Waals surface area contributed by atoms with Crippen molar-refractivity contribution in [1.82, 2.24) is 0 Å². The maximum atomic E-state index is 8.96. The summed E-state index contributed by atoms with van der Waals surface area (Å²) < 4.78 is 0. The Morgan fingerprint density at radius 1 is 1.09 bits per heavy atom. The zero-order chi connectivity index (χ0) is 15.4. The van der Waals surface area contributed by atoms with Crippen LogP contribution in [-0.2, 0) is 0 Å². The number of hydrogen-bond donors (Lipinski definition) is 0. The summed E-state index contributed by atoms with van der Waals surface area (Å²) in [6.07, 6.45) is 2.95. The average molecular weight is 290 g/mol. The fourth-order valence-corrected chi connectivity index (χ4v) is 3.38. The average Bonchev–Trinajstić information content (AvgIpc) is 3.04. The number of rotatable bonds is 4. The van der Waals surface area contributed by atoms with Gasteiger partial charge < -0.3 is 4.90 Å². The molecule has 0 bridgehead atoms. The van der Waals surface area contributed by atoms with Crippen LogP contribution >= 0.6 is 0 Å². The molecule has 2 aromatic rings. The van der Waals surface area contributed by atoms with Gasteiger partial charge >= 0.3 is 0 Å². The van der Waals surface area contributed by atoms with Crippen LogP contribution in [0.25, 0.3) is 0 Å². The van der Waals surface area contributed by atoms with Crippen molar-refractivity contribution in [3.8, 4) is 6.07 Å². The molecule has 112 valence electrons. The highest BCUT2D eigenvalue weighted by atomic mass is 15.2. The van der Waals surface area contributed by atoms with Gasteiger partial charge in [-0.2, -0.15) is 5.26 Å². The lowest BCUT2D eigenvalue weighted by Gasteiger charge is -2.25. The quantitative estimate of drug-likeness (QED) is 0.814. The molecule has 1 heterocycles. The summed E-state index contributed by atoms with van der Waals surface area (Å²) in [4.78, 5) is 2.39. The van der Waals surface area contributed by atoms with Crippen molar-refractivity contribution in [2.45, 2.75) is 38.1 Å². The van der Waals surface area contributed by atoms with E-state index in [1.807, 2.05) is 0 Å². The number of anilines is 1. The summed E-state index contributed by atoms with van der Waals surface area (Å²) in [5, 5.41) is 8.96. The summed E-state index contributed by atoms with van der Waals surface area (Å²) >= 11 is 0. The molecule has 0 N–H and O–H groups in total. The molecule has 2 heteroatoms. The topological polar surface area (TPSA) is 27.0 Å². The standard InChI is InChI=1S/C20H22N2/c1-16(17-6-3-2-4-7-17)18-9-11-20(12-10-18)22-15-5-8-19(22)13-14-21/h2-4,6-7,9-12,16,19H,5,8,13,15H2,1H3/t16?,19-/m0/s1. The number of hydrogen-bond acceptors (Lipinski definition) is 2. The zero-order valence-corrected chi connectivity index (χ0v) is 13.1. The molecular formula is C20H22N2. The van der Waals surface area contributed by atoms with E-state index in [1.54, 1.807) is 0 Å². The van der Waals surface area contributed by atoms with Crippen LogP contribution in [0.4, 0.5) is 5.69 Å². The van der Waals surface area contributed by atoms with Gasteiger partial charge in [0.15, 0.2) is 0 Å². The van der Waals surface area contributed by atoms with Gasteiger partial charge in [-0.3, -0.25) is 0 Å². The minimum absolute atomic E-state index is 0.391. The lowest BCUT2D eigenvalue weighted by Crippen LogP contribution is -2.28. The van der Waals surface area contributed by atoms with Crippen molar-refractivity contribution in [2.75, 3.05) is 11.4 Å². The molecule has 0 aliphatic carbocycles. The van der Waals surface area contributed by atoms with E-state index in [4.69, 9.17) is 5.26 Å². The predicted molar refractivity (Wildman–Crippen MR) is 91.0 cm³/mol. The van der Waals surface area contributed by atoms with Crippen molar-refractivity contribution in [1.29, 1.82) is 5.26 Å². The molecule has 2 aromatic carbocycles. The van der Waals surface area contributed by atoms with Crippen LogP contribution in [0.1, 0.15) is 43.2 Å². The third-order valence-corrected chi connectivity index (χ3v) is 4.73. The maximum Gasteiger partial charge on any atom is 0.0643 e. The summed E-state index contributed by atoms with van der Waals surface area (Å²) in [6, 6.07) is 22.2. The molecule has 2 nitrogen and oxygen atoms in total. The van der Waals surface area contributed by atoms with E-state index >= 15 is 0 Å². The Bertz CT molecular complexity index is 640. The Labute approximate surface area is 133 Å². The van der Waals surface area contributed by atoms with Gasteiger partial charge in [0.1, 0.15) is 0 Å². The van der Waals surface area contributed by atoms with Crippen LogP contribution in [0, 0.1) is 11.3 Å². The van der Waals surface area contributed by atoms with E-state index in [2.05, 4.69) is 72.5 Å². The number of nitrogens with zero attached hydrogens (tertiary/aromatic N) is 2. The normalized spacial score (nSPS) is 18.9. The molecule has 0 spiro atoms. The molecule has 2 atom stereocenters. The molecule has 1 aliphatic heterocycles. The molecule has 1 fully saturated rings. The third kappa shape index (κ3) is 2.99. The molecule has 3 rings (SSSR count). The zero-order valence-electron chi connectivity index (χ0n) is 13.1. The van der Waals surface area contributed by atoms with Crippen molar-refractivity contribution in [3.63, 3.8) is 0 Å². The second-order valence-electron chi connectivity index (χ2n) is 6.08. The second kappa shape index (κ2) is 6.66. The Hall–Kier alpha value is -2.27. The highest BCUT2D eigenvalue weighted by molar-refractivity contribution is 5.51. The first-order valence-corrected chi connectivity index (χ1v) is 8.08. The Balaban J connectivity index is 1.77. The van der Waals surface area contributed by atoms with Crippen molar-refractivity contribution >= 4 is 5.69 Å². The van der Waals surface area contributed by atoms with Gasteiger partial charge in [0.05, 0.1) is 12.5 Å². The van der Waals surface area contributed by atoms with Crippen LogP contribution in [0.5, 0.6) is 0 Å². The van der Waals surface area contributed by atoms with Gasteiger partial charge in [-0.1, -0.05) is 49.4 Å². The van der Waals surface area contributed by atoms with Crippen molar-refractivity contribution < 1.29 is 0 Å². The molecule has 1 aliphatic rings. The van der Waals surface area contributed by atoms with E-state index in [-0.39, 0.29) is 0 Å². The highest BCUT2D eigenvalue weighted by Gasteiger charge is 2.24. The molecule has 0 saturated carbocycles. The first-order valence-electron chi connectivity index (χ1n) is 8.08. The number of benzene rings is 2. The Morgan fingerprint density at radius 3 is 2.45 bits per heavy atom. The minimum Gasteiger partial charge on any atom is -0.368 e. The maximum absolute atomic E-state index is 8.96. The summed E-state index contributed by atoms with van der Waals surface area (Å²) in [6.45, 7) is 3.32. The van der Waals surface area contributed by atoms with Crippen LogP contribution in [-0.4, -0.2) is 12.6 Å². The van der Waals surface area contributed by atoms with E-state index in [0.717, 1.165) is 13.0 Å². The molecule has 1 saturated heterocycles. The third-order valence-electron chi connectivity index (χ3n) is 4.73. The van der Waals surface area contributed by atoms with Crippen molar-refractivity contribution in [3.05, 3.63) is 65.7 Å². The molecule has 0 aromatic heterocycles. The summed E-state index contributed by atoms with van der Waals surface area (Å²) in [5.74, 6) is 0.406. The molecule has 0 radical (unpaired) electrons.